The summed E-state index contributed by atoms with van der Waals surface area (Å²) in [5, 5.41) is 0. The van der Waals surface area contributed by atoms with Crippen molar-refractivity contribution in [3.8, 4) is 0 Å². The van der Waals surface area contributed by atoms with Gasteiger partial charge in [-0.15, -0.1) is 12.4 Å². The first-order valence-corrected chi connectivity index (χ1v) is 14.6. The molecule has 198 valence electrons. The number of rotatable bonds is 6. The first-order valence-electron chi connectivity index (χ1n) is 14.6. The highest BCUT2D eigenvalue weighted by atomic mass is 35.5. The molecule has 0 unspecified atom stereocenters. The summed E-state index contributed by atoms with van der Waals surface area (Å²) in [6.07, 6.45) is 14.9. The molecule has 1 aromatic rings. The number of unbranched alkanes of at least 4 members (excludes halogenated alkanes) is 1. The van der Waals surface area contributed by atoms with Crippen molar-refractivity contribution in [2.24, 2.45) is 5.41 Å². The first kappa shape index (κ1) is 27.1. The molecule has 0 radical (unpaired) electrons. The number of piperazine rings is 1. The molecule has 5 rings (SSSR count). The Hall–Kier alpha value is -0.970. The molecule has 2 saturated heterocycles. The van der Waals surface area contributed by atoms with Crippen LogP contribution in [0, 0.1) is 5.41 Å². The topological polar surface area (TPSA) is 19.0 Å². The van der Waals surface area contributed by atoms with E-state index in [1.165, 1.54) is 103 Å². The summed E-state index contributed by atoms with van der Waals surface area (Å²) in [6, 6.07) is 7.49. The van der Waals surface area contributed by atoms with E-state index in [0.717, 1.165) is 19.0 Å². The van der Waals surface area contributed by atoms with Crippen molar-refractivity contribution >= 4 is 23.8 Å². The van der Waals surface area contributed by atoms with Gasteiger partial charge in [-0.05, 0) is 100 Å². The van der Waals surface area contributed by atoms with Crippen molar-refractivity contribution in [2.45, 2.75) is 103 Å². The summed E-state index contributed by atoms with van der Waals surface area (Å²) < 4.78 is 6.04. The third-order valence-electron chi connectivity index (χ3n) is 9.49. The van der Waals surface area contributed by atoms with Gasteiger partial charge < -0.3 is 14.5 Å². The molecule has 0 N–H and O–H groups in total. The van der Waals surface area contributed by atoms with E-state index in [9.17, 15) is 0 Å². The molecular weight excluding hydrogens is 454 g/mol. The van der Waals surface area contributed by atoms with Crippen LogP contribution in [0.3, 0.4) is 0 Å². The zero-order chi connectivity index (χ0) is 23.5. The molecule has 5 heteroatoms. The van der Waals surface area contributed by atoms with Gasteiger partial charge >= 0.3 is 0 Å². The van der Waals surface area contributed by atoms with Crippen molar-refractivity contribution in [3.63, 3.8) is 0 Å². The Kier molecular flexibility index (Phi) is 9.32. The Morgan fingerprint density at radius 2 is 1.54 bits per heavy atom. The second-order valence-electron chi connectivity index (χ2n) is 12.1. The fraction of sp³-hybridized carbons (Fsp3) is 0.800. The number of morpholine rings is 1. The van der Waals surface area contributed by atoms with Gasteiger partial charge in [0.1, 0.15) is 0 Å². The van der Waals surface area contributed by atoms with Crippen LogP contribution in [-0.4, -0.2) is 62.9 Å². The maximum absolute atomic E-state index is 6.04. The van der Waals surface area contributed by atoms with E-state index in [0.29, 0.717) is 17.6 Å². The minimum absolute atomic E-state index is 0. The largest absolute Gasteiger partial charge is 0.372 e. The van der Waals surface area contributed by atoms with E-state index < -0.39 is 0 Å². The van der Waals surface area contributed by atoms with E-state index >= 15 is 0 Å². The Morgan fingerprint density at radius 1 is 0.886 bits per heavy atom. The SMILES string of the molecule is CCCCN1CCN(c2ccc(N3C[C@@H](C)O[C@@H](C)C3)cc2C2CCC3(CCCC3)CC2)CC1.Cl. The van der Waals surface area contributed by atoms with Crippen LogP contribution in [0.5, 0.6) is 0 Å². The van der Waals surface area contributed by atoms with Gasteiger partial charge in [-0.3, -0.25) is 4.90 Å². The molecule has 1 aromatic carbocycles. The zero-order valence-electron chi connectivity index (χ0n) is 22.6. The minimum Gasteiger partial charge on any atom is -0.372 e. The lowest BCUT2D eigenvalue weighted by molar-refractivity contribution is -0.00522. The third-order valence-corrected chi connectivity index (χ3v) is 9.49. The lowest BCUT2D eigenvalue weighted by Gasteiger charge is -2.42. The van der Waals surface area contributed by atoms with Crippen LogP contribution in [0.4, 0.5) is 11.4 Å². The van der Waals surface area contributed by atoms with Crippen molar-refractivity contribution in [1.29, 1.82) is 0 Å². The molecule has 4 aliphatic rings. The molecule has 4 nitrogen and oxygen atoms in total. The Balaban J connectivity index is 0.00000289. The van der Waals surface area contributed by atoms with Crippen molar-refractivity contribution in [1.82, 2.24) is 4.90 Å². The molecule has 2 heterocycles. The second kappa shape index (κ2) is 12.0. The molecule has 2 aliphatic carbocycles. The van der Waals surface area contributed by atoms with Gasteiger partial charge in [-0.2, -0.15) is 0 Å². The summed E-state index contributed by atoms with van der Waals surface area (Å²) in [5.41, 5.74) is 5.32. The van der Waals surface area contributed by atoms with E-state index in [-0.39, 0.29) is 12.4 Å². The molecule has 2 aliphatic heterocycles. The molecule has 35 heavy (non-hydrogen) atoms. The maximum Gasteiger partial charge on any atom is 0.0726 e. The average molecular weight is 504 g/mol. The van der Waals surface area contributed by atoms with Crippen LogP contribution in [-0.2, 0) is 4.74 Å². The van der Waals surface area contributed by atoms with Crippen molar-refractivity contribution < 1.29 is 4.74 Å². The summed E-state index contributed by atoms with van der Waals surface area (Å²) >= 11 is 0. The van der Waals surface area contributed by atoms with Crippen LogP contribution < -0.4 is 9.80 Å². The normalized spacial score (nSPS) is 27.9. The summed E-state index contributed by atoms with van der Waals surface area (Å²) in [6.45, 7) is 14.8. The van der Waals surface area contributed by atoms with Crippen LogP contribution in [0.15, 0.2) is 18.2 Å². The average Bonchev–Trinajstić information content (AvgIpc) is 3.30. The van der Waals surface area contributed by atoms with Gasteiger partial charge in [0.15, 0.2) is 0 Å². The van der Waals surface area contributed by atoms with Gasteiger partial charge in [0.25, 0.3) is 0 Å². The molecule has 0 amide bonds. The molecule has 2 atom stereocenters. The number of benzene rings is 1. The van der Waals surface area contributed by atoms with Gasteiger partial charge in [-0.1, -0.05) is 26.2 Å². The molecular formula is C30H50ClN3O. The second-order valence-corrected chi connectivity index (χ2v) is 12.1. The maximum atomic E-state index is 6.04. The predicted octanol–water partition coefficient (Wildman–Crippen LogP) is 6.86. The molecule has 4 fully saturated rings. The van der Waals surface area contributed by atoms with Gasteiger partial charge in [0.05, 0.1) is 12.2 Å². The molecule has 0 bridgehead atoms. The van der Waals surface area contributed by atoms with Crippen molar-refractivity contribution in [3.05, 3.63) is 23.8 Å². The van der Waals surface area contributed by atoms with Gasteiger partial charge in [0.2, 0.25) is 0 Å². The van der Waals surface area contributed by atoms with Crippen LogP contribution in [0.25, 0.3) is 0 Å². The zero-order valence-corrected chi connectivity index (χ0v) is 23.5. The predicted molar refractivity (Wildman–Crippen MR) is 152 cm³/mol. The van der Waals surface area contributed by atoms with Crippen LogP contribution >= 0.6 is 12.4 Å². The highest BCUT2D eigenvalue weighted by Gasteiger charge is 2.38. The van der Waals surface area contributed by atoms with E-state index in [4.69, 9.17) is 4.74 Å². The van der Waals surface area contributed by atoms with E-state index in [1.807, 2.05) is 0 Å². The monoisotopic (exact) mass is 503 g/mol. The number of hydrogen-bond acceptors (Lipinski definition) is 4. The van der Waals surface area contributed by atoms with Gasteiger partial charge in [-0.25, -0.2) is 0 Å². The lowest BCUT2D eigenvalue weighted by Crippen LogP contribution is -2.47. The molecule has 1 spiro atoms. The quantitative estimate of drug-likeness (QED) is 0.422. The molecule has 2 saturated carbocycles. The van der Waals surface area contributed by atoms with E-state index in [1.54, 1.807) is 11.3 Å². The first-order chi connectivity index (χ1) is 16.5. The summed E-state index contributed by atoms with van der Waals surface area (Å²) in [7, 11) is 0. The van der Waals surface area contributed by atoms with Crippen LogP contribution in [0.2, 0.25) is 0 Å². The van der Waals surface area contributed by atoms with E-state index in [2.05, 4.69) is 53.7 Å². The molecule has 0 aromatic heterocycles. The summed E-state index contributed by atoms with van der Waals surface area (Å²) in [5.74, 6) is 0.732. The highest BCUT2D eigenvalue weighted by molar-refractivity contribution is 5.85. The van der Waals surface area contributed by atoms with Crippen LogP contribution in [0.1, 0.15) is 96.5 Å². The third kappa shape index (κ3) is 6.30. The number of nitrogens with zero attached hydrogens (tertiary/aromatic N) is 3. The standard InChI is InChI=1S/C30H49N3O.ClH/c1-4-5-16-31-17-19-32(20-18-31)29-9-8-27(33-22-24(2)34-25(3)23-33)21-28(29)26-10-14-30(15-11-26)12-6-7-13-30;/h8-9,21,24-26H,4-7,10-20,22-23H2,1-3H3;1H/t24-,25+;. The minimum atomic E-state index is 0. The number of ether oxygens (including phenoxy) is 1. The number of anilines is 2. The number of halogens is 1. The summed E-state index contributed by atoms with van der Waals surface area (Å²) in [4.78, 5) is 7.97. The fourth-order valence-corrected chi connectivity index (χ4v) is 7.50. The smallest absolute Gasteiger partial charge is 0.0726 e. The van der Waals surface area contributed by atoms with Crippen molar-refractivity contribution in [2.75, 3.05) is 55.6 Å². The Morgan fingerprint density at radius 3 is 2.17 bits per heavy atom. The Bertz CT molecular complexity index is 783. The highest BCUT2D eigenvalue weighted by Crippen LogP contribution is 2.53. The Labute approximate surface area is 221 Å². The number of hydrogen-bond donors (Lipinski definition) is 0. The fourth-order valence-electron chi connectivity index (χ4n) is 7.50. The van der Waals surface area contributed by atoms with Gasteiger partial charge in [0, 0.05) is 50.6 Å². The lowest BCUT2D eigenvalue weighted by atomic mass is 9.68.